The van der Waals surface area contributed by atoms with Gasteiger partial charge >= 0.3 is 0 Å². The summed E-state index contributed by atoms with van der Waals surface area (Å²) < 4.78 is 3.85. The first-order valence-electron chi connectivity index (χ1n) is 3.88. The van der Waals surface area contributed by atoms with Crippen molar-refractivity contribution in [2.24, 2.45) is 9.63 Å². The molecule has 0 bridgehead atoms. The SMILES string of the molecule is CC.CC1=CSN=NC1(C)C. The molecule has 0 saturated carbocycles. The number of hydrogen-bond donors (Lipinski definition) is 0. The molecule has 0 N–H and O–H groups in total. The molecule has 0 aromatic carbocycles. The van der Waals surface area contributed by atoms with E-state index in [-0.39, 0.29) is 5.54 Å². The molecule has 1 heterocycles. The van der Waals surface area contributed by atoms with E-state index in [9.17, 15) is 0 Å². The lowest BCUT2D eigenvalue weighted by Gasteiger charge is -2.20. The maximum absolute atomic E-state index is 4.06. The Kier molecular flexibility index (Phi) is 4.42. The molecule has 0 aliphatic carbocycles. The Morgan fingerprint density at radius 3 is 2.18 bits per heavy atom. The molecule has 0 aromatic heterocycles. The smallest absolute Gasteiger partial charge is 0.0985 e. The fourth-order valence-corrected chi connectivity index (χ4v) is 1.20. The minimum atomic E-state index is -0.0642. The van der Waals surface area contributed by atoms with Gasteiger partial charge in [-0.3, -0.25) is 0 Å². The molecule has 0 aromatic rings. The molecule has 1 aliphatic rings. The molecule has 0 amide bonds. The second-order valence-electron chi connectivity index (χ2n) is 2.65. The van der Waals surface area contributed by atoms with Crippen LogP contribution in [0.2, 0.25) is 0 Å². The highest BCUT2D eigenvalue weighted by Gasteiger charge is 2.20. The van der Waals surface area contributed by atoms with Crippen molar-refractivity contribution in [3.05, 3.63) is 11.0 Å². The van der Waals surface area contributed by atoms with Crippen LogP contribution in [0.25, 0.3) is 0 Å². The van der Waals surface area contributed by atoms with Crippen LogP contribution in [0, 0.1) is 0 Å². The number of rotatable bonds is 0. The van der Waals surface area contributed by atoms with Gasteiger partial charge in [-0.05, 0) is 31.8 Å². The summed E-state index contributed by atoms with van der Waals surface area (Å²) in [7, 11) is 0. The van der Waals surface area contributed by atoms with E-state index in [4.69, 9.17) is 0 Å². The van der Waals surface area contributed by atoms with Crippen molar-refractivity contribution < 1.29 is 0 Å². The Morgan fingerprint density at radius 1 is 1.36 bits per heavy atom. The number of nitrogens with zero attached hydrogens (tertiary/aromatic N) is 2. The summed E-state index contributed by atoms with van der Waals surface area (Å²) >= 11 is 1.40. The molecule has 1 aliphatic heterocycles. The average Bonchev–Trinajstić information content (AvgIpc) is 2.00. The van der Waals surface area contributed by atoms with E-state index in [1.807, 2.05) is 19.3 Å². The van der Waals surface area contributed by atoms with Crippen LogP contribution in [-0.4, -0.2) is 5.54 Å². The predicted molar refractivity (Wildman–Crippen MR) is 51.6 cm³/mol. The van der Waals surface area contributed by atoms with Gasteiger partial charge in [0.15, 0.2) is 0 Å². The van der Waals surface area contributed by atoms with Crippen molar-refractivity contribution in [1.82, 2.24) is 0 Å². The quantitative estimate of drug-likeness (QED) is 0.510. The van der Waals surface area contributed by atoms with E-state index < -0.39 is 0 Å². The van der Waals surface area contributed by atoms with Gasteiger partial charge in [0.05, 0.1) is 5.54 Å². The van der Waals surface area contributed by atoms with Crippen LogP contribution in [-0.2, 0) is 0 Å². The second-order valence-corrected chi connectivity index (χ2v) is 3.26. The first kappa shape index (κ1) is 10.7. The molecule has 2 nitrogen and oxygen atoms in total. The van der Waals surface area contributed by atoms with Crippen LogP contribution in [0.1, 0.15) is 34.6 Å². The first-order chi connectivity index (χ1) is 5.13. The fraction of sp³-hybridized carbons (Fsp3) is 0.750. The lowest BCUT2D eigenvalue weighted by atomic mass is 9.99. The van der Waals surface area contributed by atoms with E-state index in [2.05, 4.69) is 30.4 Å². The topological polar surface area (TPSA) is 24.7 Å². The van der Waals surface area contributed by atoms with Crippen LogP contribution in [0.15, 0.2) is 20.6 Å². The zero-order valence-electron chi connectivity index (χ0n) is 7.88. The minimum absolute atomic E-state index is 0.0642. The van der Waals surface area contributed by atoms with Gasteiger partial charge in [-0.15, -0.1) is 4.52 Å². The van der Waals surface area contributed by atoms with Gasteiger partial charge in [-0.2, -0.15) is 5.11 Å². The minimum Gasteiger partial charge on any atom is -0.171 e. The molecule has 0 atom stereocenters. The highest BCUT2D eigenvalue weighted by atomic mass is 32.2. The van der Waals surface area contributed by atoms with Crippen LogP contribution in [0.5, 0.6) is 0 Å². The third-order valence-corrected chi connectivity index (χ3v) is 2.17. The Labute approximate surface area is 73.3 Å². The number of hydrogen-bond acceptors (Lipinski definition) is 3. The van der Waals surface area contributed by atoms with Crippen molar-refractivity contribution in [2.75, 3.05) is 0 Å². The molecule has 3 heteroatoms. The summed E-state index contributed by atoms with van der Waals surface area (Å²) in [6, 6.07) is 0. The van der Waals surface area contributed by atoms with E-state index in [1.165, 1.54) is 17.5 Å². The van der Waals surface area contributed by atoms with Gasteiger partial charge in [0.1, 0.15) is 0 Å². The molecule has 0 fully saturated rings. The summed E-state index contributed by atoms with van der Waals surface area (Å²) in [6.45, 7) is 10.2. The molecule has 0 radical (unpaired) electrons. The Balaban J connectivity index is 0.000000461. The van der Waals surface area contributed by atoms with E-state index in [1.54, 1.807) is 0 Å². The molecule has 0 unspecified atom stereocenters. The monoisotopic (exact) mass is 172 g/mol. The summed E-state index contributed by atoms with van der Waals surface area (Å²) in [5, 5.41) is 6.10. The van der Waals surface area contributed by atoms with Crippen molar-refractivity contribution in [2.45, 2.75) is 40.2 Å². The first-order valence-corrected chi connectivity index (χ1v) is 4.72. The van der Waals surface area contributed by atoms with Gasteiger partial charge in [-0.1, -0.05) is 13.8 Å². The molecule has 1 rings (SSSR count). The van der Waals surface area contributed by atoms with Crippen molar-refractivity contribution >= 4 is 11.9 Å². The van der Waals surface area contributed by atoms with Gasteiger partial charge < -0.3 is 0 Å². The molecule has 11 heavy (non-hydrogen) atoms. The Bertz CT molecular complexity index is 171. The Hall–Kier alpha value is -0.310. The lowest BCUT2D eigenvalue weighted by molar-refractivity contribution is 0.586. The third-order valence-electron chi connectivity index (χ3n) is 1.53. The normalized spacial score (nSPS) is 19.9. The van der Waals surface area contributed by atoms with Gasteiger partial charge in [-0.25, -0.2) is 0 Å². The van der Waals surface area contributed by atoms with Crippen molar-refractivity contribution in [1.29, 1.82) is 0 Å². The summed E-state index contributed by atoms with van der Waals surface area (Å²) in [6.07, 6.45) is 0. The summed E-state index contributed by atoms with van der Waals surface area (Å²) in [5.41, 5.74) is 1.22. The largest absolute Gasteiger partial charge is 0.171 e. The maximum Gasteiger partial charge on any atom is 0.0985 e. The lowest BCUT2D eigenvalue weighted by Crippen LogP contribution is -2.18. The molecule has 0 spiro atoms. The molecule has 64 valence electrons. The van der Waals surface area contributed by atoms with Crippen molar-refractivity contribution in [3.8, 4) is 0 Å². The van der Waals surface area contributed by atoms with Gasteiger partial charge in [0, 0.05) is 11.9 Å². The van der Waals surface area contributed by atoms with E-state index in [0.29, 0.717) is 0 Å². The Morgan fingerprint density at radius 2 is 1.91 bits per heavy atom. The van der Waals surface area contributed by atoms with Crippen LogP contribution < -0.4 is 0 Å². The average molecular weight is 172 g/mol. The third kappa shape index (κ3) is 3.06. The second kappa shape index (κ2) is 4.54. The van der Waals surface area contributed by atoms with E-state index >= 15 is 0 Å². The predicted octanol–water partition coefficient (Wildman–Crippen LogP) is 3.81. The van der Waals surface area contributed by atoms with Crippen molar-refractivity contribution in [3.63, 3.8) is 0 Å². The molecule has 0 saturated heterocycles. The van der Waals surface area contributed by atoms with E-state index in [0.717, 1.165) is 0 Å². The zero-order valence-corrected chi connectivity index (χ0v) is 8.70. The fourth-order valence-electron chi connectivity index (χ4n) is 0.451. The standard InChI is InChI=1S/C6H10N2S.C2H6/c1-5-4-9-8-7-6(5,2)3;1-2/h4H,1-3H3;1-2H3. The maximum atomic E-state index is 4.06. The van der Waals surface area contributed by atoms with Crippen LogP contribution >= 0.6 is 11.9 Å². The zero-order chi connectivity index (χ0) is 8.91. The van der Waals surface area contributed by atoms with Crippen LogP contribution in [0.3, 0.4) is 0 Å². The summed E-state index contributed by atoms with van der Waals surface area (Å²) in [5.74, 6) is 0. The molecular weight excluding hydrogens is 156 g/mol. The van der Waals surface area contributed by atoms with Gasteiger partial charge in [0.25, 0.3) is 0 Å². The molecular formula is C8H16N2S. The highest BCUT2D eigenvalue weighted by Crippen LogP contribution is 2.29. The van der Waals surface area contributed by atoms with Crippen LogP contribution in [0.4, 0.5) is 0 Å². The highest BCUT2D eigenvalue weighted by molar-refractivity contribution is 8.00. The van der Waals surface area contributed by atoms with Gasteiger partial charge in [0.2, 0.25) is 0 Å². The summed E-state index contributed by atoms with van der Waals surface area (Å²) in [4.78, 5) is 0.